The van der Waals surface area contributed by atoms with Crippen molar-refractivity contribution in [3.63, 3.8) is 0 Å². The summed E-state index contributed by atoms with van der Waals surface area (Å²) < 4.78 is 45.9. The first kappa shape index (κ1) is 25.4. The number of thiol groups is 1. The third-order valence-corrected chi connectivity index (χ3v) is 7.43. The zero-order chi connectivity index (χ0) is 27.1. The van der Waals surface area contributed by atoms with Gasteiger partial charge >= 0.3 is 0 Å². The van der Waals surface area contributed by atoms with Gasteiger partial charge in [0.1, 0.15) is 17.2 Å². The maximum Gasteiger partial charge on any atom is 0.272 e. The van der Waals surface area contributed by atoms with Gasteiger partial charge in [-0.2, -0.15) is 0 Å². The van der Waals surface area contributed by atoms with Crippen LogP contribution in [0.4, 0.5) is 15.8 Å². The fraction of sp³-hybridized carbons (Fsp3) is 0.222. The van der Waals surface area contributed by atoms with Crippen LogP contribution in [0.5, 0.6) is 0 Å². The maximum atomic E-state index is 13.6. The number of fused-ring (bicyclic) bond motifs is 1. The van der Waals surface area contributed by atoms with E-state index in [2.05, 4.69) is 5.32 Å². The number of nitrogens with one attached hydrogen (secondary N) is 1. The Balaban J connectivity index is 1.66. The van der Waals surface area contributed by atoms with E-state index in [-0.39, 0.29) is 35.4 Å². The Labute approximate surface area is 219 Å². The molecule has 9 nitrogen and oxygen atoms in total. The van der Waals surface area contributed by atoms with Crippen LogP contribution < -0.4 is 9.62 Å². The highest BCUT2D eigenvalue weighted by Gasteiger charge is 2.32. The summed E-state index contributed by atoms with van der Waals surface area (Å²) >= 11 is 0. The Morgan fingerprint density at radius 2 is 1.87 bits per heavy atom. The molecule has 0 radical (unpaired) electrons. The zero-order valence-electron chi connectivity index (χ0n) is 20.6. The number of carbonyl (C=O) groups excluding carboxylic acids is 1. The molecule has 4 aromatic rings. The highest BCUT2D eigenvalue weighted by atomic mass is 32.2. The van der Waals surface area contributed by atoms with Gasteiger partial charge < -0.3 is 9.73 Å². The quantitative estimate of drug-likeness (QED) is 0.180. The minimum atomic E-state index is -3.09. The molecular weight excluding hydrogens is 513 g/mol. The van der Waals surface area contributed by atoms with Gasteiger partial charge in [0.05, 0.1) is 22.7 Å². The van der Waals surface area contributed by atoms with Gasteiger partial charge in [0, 0.05) is 35.7 Å². The number of nitro groups is 1. The topological polar surface area (TPSA) is 123 Å². The first-order valence-corrected chi connectivity index (χ1v) is 13.0. The van der Waals surface area contributed by atoms with Crippen molar-refractivity contribution in [2.45, 2.75) is 32.2 Å². The Morgan fingerprint density at radius 1 is 1.16 bits per heavy atom. The van der Waals surface area contributed by atoms with E-state index in [1.807, 2.05) is 0 Å². The average molecular weight is 538 g/mol. The van der Waals surface area contributed by atoms with Gasteiger partial charge in [-0.1, -0.05) is 6.07 Å². The summed E-state index contributed by atoms with van der Waals surface area (Å²) in [6.45, 7) is 1.57. The number of benzene rings is 3. The van der Waals surface area contributed by atoms with Gasteiger partial charge in [0.2, 0.25) is 10.9 Å². The molecule has 1 aromatic heterocycles. The number of amides is 1. The number of hydrogen-bond acceptors (Lipinski definition) is 6. The molecule has 1 heterocycles. The molecule has 196 valence electrons. The Kier molecular flexibility index (Phi) is 6.62. The maximum absolute atomic E-state index is 13.6. The lowest BCUT2D eigenvalue weighted by Crippen LogP contribution is -2.22. The van der Waals surface area contributed by atoms with Gasteiger partial charge in [-0.15, -0.1) is 0 Å². The number of nitrogens with zero attached hydrogens (tertiary/aromatic N) is 2. The Morgan fingerprint density at radius 3 is 2.45 bits per heavy atom. The second-order valence-electron chi connectivity index (χ2n) is 9.25. The Hall–Kier alpha value is -4.25. The SMILES string of the molecule is CNC(=O)c1c(-c2ccc(F)cc2)oc2cc(N(Cc3ccc([N+](=O)[O-])c(C)c3)[SH](=O)=O)c(C3CC3)cc12. The van der Waals surface area contributed by atoms with Crippen LogP contribution in [0.1, 0.15) is 45.8 Å². The predicted octanol–water partition coefficient (Wildman–Crippen LogP) is 5.23. The highest BCUT2D eigenvalue weighted by molar-refractivity contribution is 7.74. The summed E-state index contributed by atoms with van der Waals surface area (Å²) in [5.41, 5.74) is 3.27. The van der Waals surface area contributed by atoms with E-state index < -0.39 is 21.6 Å². The number of carbonyl (C=O) groups is 1. The summed E-state index contributed by atoms with van der Waals surface area (Å²) in [7, 11) is -1.59. The van der Waals surface area contributed by atoms with Gasteiger partial charge in [0.25, 0.3) is 11.6 Å². The fourth-order valence-corrected chi connectivity index (χ4v) is 5.30. The summed E-state index contributed by atoms with van der Waals surface area (Å²) in [5.74, 6) is -0.443. The standard InChI is InChI=1S/C27H24FN3O6S/c1-15-11-16(3-10-22(15)31(33)34)14-30(38(35)36)23-13-24-21(12-20(23)17-4-5-17)25(27(32)29-2)26(37-24)18-6-8-19(28)9-7-18/h3,6-13,17,38H,4-5,14H2,1-2H3,(H,29,32). The minimum absolute atomic E-state index is 0.0312. The second kappa shape index (κ2) is 9.90. The summed E-state index contributed by atoms with van der Waals surface area (Å²) in [6.07, 6.45) is 1.74. The summed E-state index contributed by atoms with van der Waals surface area (Å²) in [5, 5.41) is 14.3. The number of nitro benzene ring substituents is 1. The number of anilines is 1. The fourth-order valence-electron chi connectivity index (χ4n) is 4.67. The van der Waals surface area contributed by atoms with Crippen LogP contribution in [0.3, 0.4) is 0 Å². The van der Waals surface area contributed by atoms with E-state index in [0.29, 0.717) is 33.3 Å². The van der Waals surface area contributed by atoms with Gasteiger partial charge in [0.15, 0.2) is 0 Å². The number of furan rings is 1. The lowest BCUT2D eigenvalue weighted by molar-refractivity contribution is -0.385. The van der Waals surface area contributed by atoms with Gasteiger partial charge in [-0.05, 0) is 73.2 Å². The van der Waals surface area contributed by atoms with Crippen molar-refractivity contribution >= 4 is 39.1 Å². The number of hydrogen-bond donors (Lipinski definition) is 2. The number of halogens is 1. The van der Waals surface area contributed by atoms with Crippen molar-refractivity contribution < 1.29 is 26.9 Å². The molecule has 1 aliphatic rings. The van der Waals surface area contributed by atoms with Crippen LogP contribution in [0.15, 0.2) is 59.0 Å². The van der Waals surface area contributed by atoms with Crippen molar-refractivity contribution in [3.8, 4) is 11.3 Å². The highest BCUT2D eigenvalue weighted by Crippen LogP contribution is 2.48. The molecule has 11 heteroatoms. The van der Waals surface area contributed by atoms with Crippen molar-refractivity contribution in [1.82, 2.24) is 5.32 Å². The van der Waals surface area contributed by atoms with Crippen LogP contribution in [0.25, 0.3) is 22.3 Å². The predicted molar refractivity (Wildman–Crippen MR) is 141 cm³/mol. The Bertz CT molecular complexity index is 1650. The number of rotatable bonds is 8. The van der Waals surface area contributed by atoms with E-state index in [9.17, 15) is 27.7 Å². The van der Waals surface area contributed by atoms with E-state index in [1.54, 1.807) is 25.1 Å². The largest absolute Gasteiger partial charge is 0.455 e. The molecule has 0 spiro atoms. The smallest absolute Gasteiger partial charge is 0.272 e. The van der Waals surface area contributed by atoms with Crippen molar-refractivity contribution in [1.29, 1.82) is 0 Å². The third-order valence-electron chi connectivity index (χ3n) is 6.68. The van der Waals surface area contributed by atoms with Crippen molar-refractivity contribution in [2.75, 3.05) is 11.4 Å². The molecule has 1 saturated carbocycles. The van der Waals surface area contributed by atoms with Crippen LogP contribution in [-0.2, 0) is 17.4 Å². The summed E-state index contributed by atoms with van der Waals surface area (Å²) in [6, 6.07) is 13.5. The molecule has 1 amide bonds. The van der Waals surface area contributed by atoms with E-state index in [1.165, 1.54) is 47.8 Å². The molecule has 0 saturated heterocycles. The molecule has 1 aliphatic carbocycles. The third kappa shape index (κ3) is 4.72. The van der Waals surface area contributed by atoms with Crippen LogP contribution in [0.2, 0.25) is 0 Å². The second-order valence-corrected chi connectivity index (χ2v) is 10.2. The average Bonchev–Trinajstić information content (AvgIpc) is 3.66. The first-order chi connectivity index (χ1) is 18.2. The molecule has 0 bridgehead atoms. The molecule has 3 aromatic carbocycles. The van der Waals surface area contributed by atoms with Gasteiger partial charge in [-0.25, -0.2) is 12.8 Å². The van der Waals surface area contributed by atoms with E-state index >= 15 is 0 Å². The van der Waals surface area contributed by atoms with E-state index in [0.717, 1.165) is 18.4 Å². The monoisotopic (exact) mass is 537 g/mol. The van der Waals surface area contributed by atoms with Crippen LogP contribution in [-0.4, -0.2) is 26.3 Å². The van der Waals surface area contributed by atoms with Crippen LogP contribution in [0, 0.1) is 22.9 Å². The normalized spacial score (nSPS) is 13.2. The lowest BCUT2D eigenvalue weighted by Gasteiger charge is -2.21. The van der Waals surface area contributed by atoms with E-state index in [4.69, 9.17) is 4.42 Å². The molecule has 1 N–H and O–H groups in total. The minimum Gasteiger partial charge on any atom is -0.455 e. The lowest BCUT2D eigenvalue weighted by atomic mass is 10.00. The first-order valence-electron chi connectivity index (χ1n) is 11.9. The van der Waals surface area contributed by atoms with Crippen molar-refractivity contribution in [2.24, 2.45) is 0 Å². The summed E-state index contributed by atoms with van der Waals surface area (Å²) in [4.78, 5) is 23.6. The molecule has 5 rings (SSSR count). The zero-order valence-corrected chi connectivity index (χ0v) is 21.5. The van der Waals surface area contributed by atoms with Crippen molar-refractivity contribution in [3.05, 3.63) is 92.8 Å². The molecule has 0 atom stereocenters. The molecule has 0 aliphatic heterocycles. The molecule has 1 fully saturated rings. The molecule has 38 heavy (non-hydrogen) atoms. The number of aryl methyl sites for hydroxylation is 1. The molecular formula is C27H24FN3O6S. The molecule has 0 unspecified atom stereocenters. The van der Waals surface area contributed by atoms with Gasteiger partial charge in [-0.3, -0.25) is 19.2 Å². The van der Waals surface area contributed by atoms with Crippen LogP contribution >= 0.6 is 0 Å².